The van der Waals surface area contributed by atoms with Crippen molar-refractivity contribution in [1.29, 1.82) is 5.26 Å². The molecule has 0 aromatic carbocycles. The summed E-state index contributed by atoms with van der Waals surface area (Å²) in [6.45, 7) is 0. The molecule has 0 unspecified atom stereocenters. The van der Waals surface area contributed by atoms with E-state index in [1.54, 1.807) is 6.07 Å². The van der Waals surface area contributed by atoms with Crippen molar-refractivity contribution in [3.8, 4) is 6.07 Å². The molecule has 88 valence electrons. The first kappa shape index (κ1) is 13.6. The van der Waals surface area contributed by atoms with Crippen molar-refractivity contribution >= 4 is 44.6 Å². The van der Waals surface area contributed by atoms with Crippen molar-refractivity contribution in [2.24, 2.45) is 0 Å². The van der Waals surface area contributed by atoms with E-state index in [0.717, 1.165) is 6.20 Å². The van der Waals surface area contributed by atoms with Gasteiger partial charge in [0.2, 0.25) is 9.84 Å². The second-order valence-corrected chi connectivity index (χ2v) is 6.63. The zero-order valence-corrected chi connectivity index (χ0v) is 10.6. The van der Waals surface area contributed by atoms with Crippen LogP contribution in [-0.2, 0) is 15.7 Å². The number of hydrogen-bond acceptors (Lipinski definition) is 3. The number of halogens is 4. The summed E-state index contributed by atoms with van der Waals surface area (Å²) in [7, 11) is -4.69. The minimum Gasteiger partial charge on any atom is -0.362 e. The molecule has 0 radical (unpaired) electrons. The second kappa shape index (κ2) is 4.41. The number of H-pyrrole nitrogens is 1. The van der Waals surface area contributed by atoms with E-state index in [2.05, 4.69) is 4.98 Å². The van der Waals surface area contributed by atoms with Gasteiger partial charge in [0.1, 0.15) is 11.0 Å². The van der Waals surface area contributed by atoms with Crippen LogP contribution in [0.25, 0.3) is 0 Å². The van der Waals surface area contributed by atoms with Gasteiger partial charge < -0.3 is 4.98 Å². The standard InChI is InChI=1S/C7H4Cl3FN2O2S/c8-1-5-6(4(2-12)3-13-5)16(14,15)7(9,10)11/h3,13H,1H2. The van der Waals surface area contributed by atoms with Gasteiger partial charge in [0, 0.05) is 6.20 Å². The molecular formula is C7H4Cl3FN2O2S. The van der Waals surface area contributed by atoms with Crippen molar-refractivity contribution in [3.63, 3.8) is 0 Å². The van der Waals surface area contributed by atoms with Gasteiger partial charge in [-0.3, -0.25) is 0 Å². The van der Waals surface area contributed by atoms with Crippen LogP contribution >= 0.6 is 34.8 Å². The Morgan fingerprint density at radius 1 is 1.56 bits per heavy atom. The van der Waals surface area contributed by atoms with E-state index in [0.29, 0.717) is 0 Å². The Morgan fingerprint density at radius 2 is 2.12 bits per heavy atom. The van der Waals surface area contributed by atoms with Crippen LogP contribution in [0.5, 0.6) is 0 Å². The molecule has 1 aromatic rings. The Hall–Kier alpha value is -0.480. The SMILES string of the molecule is N#Cc1c[nH]c(CCl)c1S(=O)(=O)C(F)(Cl)Cl. The molecule has 0 aliphatic heterocycles. The average Bonchev–Trinajstić information content (AvgIpc) is 2.58. The summed E-state index contributed by atoms with van der Waals surface area (Å²) in [4.78, 5) is 1.82. The molecule has 16 heavy (non-hydrogen) atoms. The van der Waals surface area contributed by atoms with E-state index >= 15 is 0 Å². The molecule has 1 rings (SSSR count). The Labute approximate surface area is 106 Å². The van der Waals surface area contributed by atoms with Crippen molar-refractivity contribution in [1.82, 2.24) is 4.98 Å². The number of nitrogens with one attached hydrogen (secondary N) is 1. The Morgan fingerprint density at radius 3 is 2.50 bits per heavy atom. The van der Waals surface area contributed by atoms with Crippen LogP contribution in [0.15, 0.2) is 11.1 Å². The minimum atomic E-state index is -4.69. The third kappa shape index (κ3) is 2.13. The lowest BCUT2D eigenvalue weighted by Crippen LogP contribution is -2.22. The minimum absolute atomic E-state index is 0.0402. The third-order valence-corrected chi connectivity index (χ3v) is 4.84. The van der Waals surface area contributed by atoms with E-state index in [9.17, 15) is 12.8 Å². The van der Waals surface area contributed by atoms with Crippen LogP contribution in [0.2, 0.25) is 0 Å². The van der Waals surface area contributed by atoms with Crippen molar-refractivity contribution in [2.45, 2.75) is 14.7 Å². The number of nitrogens with zero attached hydrogens (tertiary/aromatic N) is 1. The third-order valence-electron chi connectivity index (χ3n) is 1.74. The van der Waals surface area contributed by atoms with Gasteiger partial charge in [-0.05, 0) is 23.2 Å². The number of hydrogen-bond donors (Lipinski definition) is 1. The normalized spacial score (nSPS) is 12.4. The predicted octanol–water partition coefficient (Wildman–Crippen LogP) is 2.46. The van der Waals surface area contributed by atoms with Crippen LogP contribution < -0.4 is 0 Å². The van der Waals surface area contributed by atoms with Gasteiger partial charge in [-0.15, -0.1) is 11.6 Å². The van der Waals surface area contributed by atoms with E-state index in [1.807, 2.05) is 0 Å². The molecule has 0 aliphatic rings. The van der Waals surface area contributed by atoms with Gasteiger partial charge in [-0.25, -0.2) is 8.42 Å². The predicted molar refractivity (Wildman–Crippen MR) is 57.8 cm³/mol. The fourth-order valence-corrected chi connectivity index (χ4v) is 2.89. The van der Waals surface area contributed by atoms with Gasteiger partial charge in [-0.2, -0.15) is 9.65 Å². The number of aromatic nitrogens is 1. The molecule has 1 N–H and O–H groups in total. The van der Waals surface area contributed by atoms with Crippen LogP contribution in [0.4, 0.5) is 4.39 Å². The van der Waals surface area contributed by atoms with Crippen molar-refractivity contribution < 1.29 is 12.8 Å². The summed E-state index contributed by atoms with van der Waals surface area (Å²) in [6.07, 6.45) is 1.09. The lowest BCUT2D eigenvalue weighted by Gasteiger charge is -2.11. The molecule has 0 spiro atoms. The number of nitriles is 1. The Bertz CT molecular complexity index is 541. The highest BCUT2D eigenvalue weighted by Gasteiger charge is 2.44. The summed E-state index contributed by atoms with van der Waals surface area (Å²) in [5, 5.41) is 8.67. The fraction of sp³-hybridized carbons (Fsp3) is 0.286. The summed E-state index contributed by atoms with van der Waals surface area (Å²) in [5.74, 6) is -0.250. The molecule has 0 bridgehead atoms. The highest BCUT2D eigenvalue weighted by molar-refractivity contribution is 7.95. The first-order chi connectivity index (χ1) is 7.25. The fourth-order valence-electron chi connectivity index (χ4n) is 1.06. The van der Waals surface area contributed by atoms with Crippen LogP contribution in [0.1, 0.15) is 11.3 Å². The van der Waals surface area contributed by atoms with Crippen molar-refractivity contribution in [2.75, 3.05) is 0 Å². The van der Waals surface area contributed by atoms with E-state index < -0.39 is 18.7 Å². The lowest BCUT2D eigenvalue weighted by molar-refractivity contribution is 0.469. The monoisotopic (exact) mass is 304 g/mol. The van der Waals surface area contributed by atoms with Crippen molar-refractivity contribution in [3.05, 3.63) is 17.5 Å². The summed E-state index contributed by atoms with van der Waals surface area (Å²) < 4.78 is 32.8. The second-order valence-electron chi connectivity index (χ2n) is 2.70. The number of sulfone groups is 1. The smallest absolute Gasteiger partial charge is 0.362 e. The summed E-state index contributed by atoms with van der Waals surface area (Å²) >= 11 is 15.3. The average molecular weight is 306 g/mol. The van der Waals surface area contributed by atoms with E-state index in [1.165, 1.54) is 0 Å². The summed E-state index contributed by atoms with van der Waals surface area (Å²) in [5.41, 5.74) is -0.333. The van der Waals surface area contributed by atoms with Gasteiger partial charge >= 0.3 is 3.92 Å². The maximum atomic E-state index is 13.1. The van der Waals surface area contributed by atoms with Crippen LogP contribution in [-0.4, -0.2) is 17.3 Å². The van der Waals surface area contributed by atoms with Crippen LogP contribution in [0.3, 0.4) is 0 Å². The maximum Gasteiger partial charge on any atom is 0.362 e. The first-order valence-electron chi connectivity index (χ1n) is 3.73. The van der Waals surface area contributed by atoms with E-state index in [4.69, 9.17) is 40.1 Å². The highest BCUT2D eigenvalue weighted by atomic mass is 35.5. The molecule has 9 heteroatoms. The molecule has 0 saturated heterocycles. The maximum absolute atomic E-state index is 13.1. The van der Waals surface area contributed by atoms with Gasteiger partial charge in [0.05, 0.1) is 17.1 Å². The highest BCUT2D eigenvalue weighted by Crippen LogP contribution is 2.38. The molecule has 0 saturated carbocycles. The van der Waals surface area contributed by atoms with Gasteiger partial charge in [0.25, 0.3) is 0 Å². The number of alkyl halides is 4. The zero-order valence-electron chi connectivity index (χ0n) is 7.47. The molecule has 4 nitrogen and oxygen atoms in total. The van der Waals surface area contributed by atoms with E-state index in [-0.39, 0.29) is 17.1 Å². The molecule has 1 heterocycles. The zero-order chi connectivity index (χ0) is 12.6. The quantitative estimate of drug-likeness (QED) is 0.872. The molecule has 0 fully saturated rings. The number of rotatable bonds is 3. The van der Waals surface area contributed by atoms with Gasteiger partial charge in [0.15, 0.2) is 0 Å². The number of aromatic amines is 1. The molecule has 0 amide bonds. The largest absolute Gasteiger partial charge is 0.362 e. The molecular weight excluding hydrogens is 302 g/mol. The Balaban J connectivity index is 3.56. The molecule has 0 atom stereocenters. The topological polar surface area (TPSA) is 73.7 Å². The first-order valence-corrected chi connectivity index (χ1v) is 6.50. The lowest BCUT2D eigenvalue weighted by atomic mass is 10.3. The van der Waals surface area contributed by atoms with Gasteiger partial charge in [-0.1, -0.05) is 0 Å². The molecule has 0 aliphatic carbocycles. The van der Waals surface area contributed by atoms with Crippen LogP contribution in [0, 0.1) is 11.3 Å². The molecule has 1 aromatic heterocycles. The Kier molecular flexibility index (Phi) is 3.75. The summed E-state index contributed by atoms with van der Waals surface area (Å²) in [6, 6.07) is 1.58.